The summed E-state index contributed by atoms with van der Waals surface area (Å²) in [6.45, 7) is 2.15. The minimum atomic E-state index is 0.147. The molecule has 0 aliphatic rings. The Balaban J connectivity index is 4.77. The third-order valence-electron chi connectivity index (χ3n) is 4.59. The fourth-order valence-electron chi connectivity index (χ4n) is 2.98. The van der Waals surface area contributed by atoms with Crippen LogP contribution in [0.3, 0.4) is 0 Å². The van der Waals surface area contributed by atoms with Gasteiger partial charge in [0.1, 0.15) is 6.29 Å². The molecular weight excluding hydrogens is 271 g/mol. The average molecular weight is 298 g/mol. The van der Waals surface area contributed by atoms with E-state index < -0.39 is 0 Å². The van der Waals surface area contributed by atoms with Crippen molar-refractivity contribution in [3.63, 3.8) is 0 Å². The fourth-order valence-corrected chi connectivity index (χ4v) is 3.43. The molecule has 0 aliphatic heterocycles. The number of thiol groups is 1. The van der Waals surface area contributed by atoms with E-state index in [2.05, 4.69) is 19.6 Å². The standard InChI is InChI=1S/C15H26B4OS/c1-11(6-16)4-15(10-21)14(9-19)5-13(8-18)12(7-17)2-3-20/h3,11-15,21H,2,4-10H2,1H3. The lowest BCUT2D eigenvalue weighted by molar-refractivity contribution is -0.108. The van der Waals surface area contributed by atoms with Gasteiger partial charge in [0.25, 0.3) is 0 Å². The first-order chi connectivity index (χ1) is 10.1. The van der Waals surface area contributed by atoms with Crippen molar-refractivity contribution in [3.05, 3.63) is 0 Å². The van der Waals surface area contributed by atoms with E-state index in [-0.39, 0.29) is 11.8 Å². The van der Waals surface area contributed by atoms with Gasteiger partial charge in [-0.2, -0.15) is 12.6 Å². The first kappa shape index (κ1) is 21.3. The lowest BCUT2D eigenvalue weighted by atomic mass is 9.66. The van der Waals surface area contributed by atoms with Crippen LogP contribution in [0.5, 0.6) is 0 Å². The van der Waals surface area contributed by atoms with Crippen LogP contribution in [0.1, 0.15) is 26.2 Å². The largest absolute Gasteiger partial charge is 0.303 e. The Labute approximate surface area is 142 Å². The number of hydrogen-bond acceptors (Lipinski definition) is 2. The smallest absolute Gasteiger partial charge is 0.120 e. The maximum absolute atomic E-state index is 10.8. The summed E-state index contributed by atoms with van der Waals surface area (Å²) in [6.07, 6.45) is 5.66. The summed E-state index contributed by atoms with van der Waals surface area (Å²) < 4.78 is 0. The second-order valence-corrected chi connectivity index (χ2v) is 6.51. The van der Waals surface area contributed by atoms with Gasteiger partial charge in [-0.15, -0.1) is 0 Å². The van der Waals surface area contributed by atoms with Crippen molar-refractivity contribution in [3.8, 4) is 0 Å². The van der Waals surface area contributed by atoms with Crippen molar-refractivity contribution in [2.75, 3.05) is 5.75 Å². The van der Waals surface area contributed by atoms with Gasteiger partial charge in [0.15, 0.2) is 0 Å². The van der Waals surface area contributed by atoms with Crippen LogP contribution in [0.25, 0.3) is 0 Å². The third-order valence-corrected chi connectivity index (χ3v) is 5.06. The molecule has 0 fully saturated rings. The highest BCUT2D eigenvalue weighted by Crippen LogP contribution is 2.35. The summed E-state index contributed by atoms with van der Waals surface area (Å²) in [4.78, 5) is 10.8. The molecule has 1 nitrogen and oxygen atoms in total. The van der Waals surface area contributed by atoms with Crippen molar-refractivity contribution >= 4 is 50.3 Å². The van der Waals surface area contributed by atoms with Gasteiger partial charge in [0.05, 0.1) is 31.4 Å². The maximum atomic E-state index is 10.8. The van der Waals surface area contributed by atoms with Gasteiger partial charge in [0.2, 0.25) is 0 Å². The summed E-state index contributed by atoms with van der Waals surface area (Å²) in [6, 6.07) is 0. The number of hydrogen-bond donors (Lipinski definition) is 1. The van der Waals surface area contributed by atoms with E-state index in [9.17, 15) is 4.79 Å². The molecule has 0 spiro atoms. The number of aldehydes is 1. The first-order valence-corrected chi connectivity index (χ1v) is 8.55. The molecule has 0 saturated carbocycles. The first-order valence-electron chi connectivity index (χ1n) is 7.92. The quantitative estimate of drug-likeness (QED) is 0.314. The van der Waals surface area contributed by atoms with Crippen molar-refractivity contribution in [2.45, 2.75) is 51.5 Å². The Hall–Kier alpha value is 0.280. The van der Waals surface area contributed by atoms with E-state index >= 15 is 0 Å². The molecule has 0 N–H and O–H groups in total. The predicted octanol–water partition coefficient (Wildman–Crippen LogP) is 2.73. The molecule has 21 heavy (non-hydrogen) atoms. The molecule has 0 aromatic rings. The zero-order valence-corrected chi connectivity index (χ0v) is 14.2. The summed E-state index contributed by atoms with van der Waals surface area (Å²) in [7, 11) is 23.4. The van der Waals surface area contributed by atoms with E-state index in [1.807, 2.05) is 0 Å². The molecule has 0 heterocycles. The zero-order valence-electron chi connectivity index (χ0n) is 13.3. The van der Waals surface area contributed by atoms with E-state index in [1.165, 1.54) is 0 Å². The van der Waals surface area contributed by atoms with Crippen LogP contribution in [0.15, 0.2) is 0 Å². The van der Waals surface area contributed by atoms with Crippen molar-refractivity contribution in [1.82, 2.24) is 0 Å². The van der Waals surface area contributed by atoms with Gasteiger partial charge in [-0.25, -0.2) is 0 Å². The minimum absolute atomic E-state index is 0.147. The Kier molecular flexibility index (Phi) is 13.0. The summed E-state index contributed by atoms with van der Waals surface area (Å²) in [5, 5.41) is 0. The van der Waals surface area contributed by atoms with Gasteiger partial charge < -0.3 is 4.79 Å². The molecular formula is C15H26B4OS. The average Bonchev–Trinajstić information content (AvgIpc) is 2.52. The molecule has 0 bridgehead atoms. The van der Waals surface area contributed by atoms with Gasteiger partial charge in [-0.3, -0.25) is 0 Å². The van der Waals surface area contributed by atoms with Gasteiger partial charge in [-0.05, 0) is 42.3 Å². The van der Waals surface area contributed by atoms with E-state index in [0.29, 0.717) is 49.5 Å². The zero-order chi connectivity index (χ0) is 16.3. The van der Waals surface area contributed by atoms with Crippen LogP contribution in [0, 0.1) is 29.6 Å². The molecule has 0 aliphatic carbocycles. The highest BCUT2D eigenvalue weighted by atomic mass is 32.1. The molecule has 5 atom stereocenters. The number of rotatable bonds is 13. The molecule has 0 aromatic carbocycles. The molecule has 0 amide bonds. The third kappa shape index (κ3) is 7.90. The Morgan fingerprint density at radius 1 is 0.857 bits per heavy atom. The molecule has 5 unspecified atom stereocenters. The maximum Gasteiger partial charge on any atom is 0.120 e. The normalized spacial score (nSPS) is 18.6. The van der Waals surface area contributed by atoms with Crippen LogP contribution in [0.4, 0.5) is 0 Å². The van der Waals surface area contributed by atoms with Crippen LogP contribution < -0.4 is 0 Å². The van der Waals surface area contributed by atoms with E-state index in [0.717, 1.165) is 24.9 Å². The summed E-state index contributed by atoms with van der Waals surface area (Å²) in [5.74, 6) is 2.43. The van der Waals surface area contributed by atoms with Crippen molar-refractivity contribution in [2.24, 2.45) is 29.6 Å². The Morgan fingerprint density at radius 3 is 1.76 bits per heavy atom. The van der Waals surface area contributed by atoms with Crippen LogP contribution in [-0.2, 0) is 4.79 Å². The molecule has 110 valence electrons. The molecule has 0 saturated heterocycles. The lowest BCUT2D eigenvalue weighted by Crippen LogP contribution is -2.25. The second-order valence-electron chi connectivity index (χ2n) is 6.14. The SMILES string of the molecule is [B]CC(C)CC(CS)C(C[B])CC(C[B])C(C[B])CC=O. The highest BCUT2D eigenvalue weighted by Gasteiger charge is 2.26. The predicted molar refractivity (Wildman–Crippen MR) is 99.1 cm³/mol. The Morgan fingerprint density at radius 2 is 1.38 bits per heavy atom. The minimum Gasteiger partial charge on any atom is -0.303 e. The highest BCUT2D eigenvalue weighted by molar-refractivity contribution is 7.80. The van der Waals surface area contributed by atoms with Crippen LogP contribution in [-0.4, -0.2) is 43.4 Å². The molecule has 8 radical (unpaired) electrons. The molecule has 6 heteroatoms. The van der Waals surface area contributed by atoms with E-state index in [1.54, 1.807) is 0 Å². The van der Waals surface area contributed by atoms with Gasteiger partial charge >= 0.3 is 0 Å². The van der Waals surface area contributed by atoms with Crippen molar-refractivity contribution < 1.29 is 4.79 Å². The summed E-state index contributed by atoms with van der Waals surface area (Å²) in [5.41, 5.74) is 0. The second kappa shape index (κ2) is 12.8. The summed E-state index contributed by atoms with van der Waals surface area (Å²) >= 11 is 4.48. The van der Waals surface area contributed by atoms with Crippen LogP contribution in [0.2, 0.25) is 25.3 Å². The fraction of sp³-hybridized carbons (Fsp3) is 0.933. The Bertz CT molecular complexity index is 268. The van der Waals surface area contributed by atoms with Gasteiger partial charge in [0, 0.05) is 6.42 Å². The topological polar surface area (TPSA) is 17.1 Å². The number of carbonyl (C=O) groups excluding carboxylic acids is 1. The molecule has 0 aromatic heterocycles. The van der Waals surface area contributed by atoms with Crippen LogP contribution >= 0.6 is 12.6 Å². The monoisotopic (exact) mass is 298 g/mol. The molecule has 0 rings (SSSR count). The van der Waals surface area contributed by atoms with E-state index in [4.69, 9.17) is 31.4 Å². The number of carbonyl (C=O) groups is 1. The van der Waals surface area contributed by atoms with Crippen molar-refractivity contribution in [1.29, 1.82) is 0 Å². The van der Waals surface area contributed by atoms with Gasteiger partial charge in [-0.1, -0.05) is 38.1 Å². The lowest BCUT2D eigenvalue weighted by Gasteiger charge is -2.33.